The Labute approximate surface area is 136 Å². The molecule has 0 spiro atoms. The topological polar surface area (TPSA) is 101 Å². The van der Waals surface area contributed by atoms with Crippen molar-refractivity contribution in [1.82, 2.24) is 9.97 Å². The number of halogens is 1. The number of nitriles is 2. The SMILES string of the molecule is N#CC(C#N)=NNc1ccc(Cl)c(-c2nc3ccccc3[nH]2)c1. The van der Waals surface area contributed by atoms with Crippen LogP contribution in [-0.2, 0) is 0 Å². The van der Waals surface area contributed by atoms with E-state index < -0.39 is 0 Å². The third kappa shape index (κ3) is 2.98. The maximum Gasteiger partial charge on any atom is 0.237 e. The Morgan fingerprint density at radius 1 is 1.17 bits per heavy atom. The molecule has 7 heteroatoms. The van der Waals surface area contributed by atoms with E-state index in [0.29, 0.717) is 22.1 Å². The van der Waals surface area contributed by atoms with E-state index in [1.807, 2.05) is 24.3 Å². The molecule has 1 aromatic heterocycles. The van der Waals surface area contributed by atoms with Crippen LogP contribution in [0.5, 0.6) is 0 Å². The van der Waals surface area contributed by atoms with E-state index in [-0.39, 0.29) is 5.71 Å². The van der Waals surface area contributed by atoms with Gasteiger partial charge in [0.1, 0.15) is 18.0 Å². The third-order valence-electron chi connectivity index (χ3n) is 3.12. The molecule has 6 nitrogen and oxygen atoms in total. The summed E-state index contributed by atoms with van der Waals surface area (Å²) in [5.41, 5.74) is 5.43. The van der Waals surface area contributed by atoms with Crippen LogP contribution in [-0.4, -0.2) is 15.7 Å². The van der Waals surface area contributed by atoms with Crippen LogP contribution < -0.4 is 5.43 Å². The molecule has 1 heterocycles. The van der Waals surface area contributed by atoms with Gasteiger partial charge in [-0.1, -0.05) is 23.7 Å². The molecule has 0 atom stereocenters. The van der Waals surface area contributed by atoms with E-state index in [1.165, 1.54) is 0 Å². The molecule has 3 rings (SSSR count). The summed E-state index contributed by atoms with van der Waals surface area (Å²) in [6.45, 7) is 0. The number of hydrazone groups is 1. The molecule has 0 amide bonds. The Morgan fingerprint density at radius 2 is 1.96 bits per heavy atom. The number of fused-ring (bicyclic) bond motifs is 1. The highest BCUT2D eigenvalue weighted by molar-refractivity contribution is 6.33. The van der Waals surface area contributed by atoms with E-state index >= 15 is 0 Å². The zero-order chi connectivity index (χ0) is 16.2. The Bertz CT molecular complexity index is 941. The minimum Gasteiger partial charge on any atom is -0.338 e. The Hall–Kier alpha value is -3.35. The molecule has 0 unspecified atom stereocenters. The van der Waals surface area contributed by atoms with Gasteiger partial charge >= 0.3 is 0 Å². The van der Waals surface area contributed by atoms with E-state index in [1.54, 1.807) is 30.3 Å². The predicted molar refractivity (Wildman–Crippen MR) is 88.8 cm³/mol. The first-order valence-electron chi connectivity index (χ1n) is 6.60. The highest BCUT2D eigenvalue weighted by Crippen LogP contribution is 2.30. The van der Waals surface area contributed by atoms with E-state index in [9.17, 15) is 0 Å². The van der Waals surface area contributed by atoms with E-state index in [4.69, 9.17) is 22.1 Å². The van der Waals surface area contributed by atoms with E-state index in [2.05, 4.69) is 20.5 Å². The molecule has 2 aromatic carbocycles. The van der Waals surface area contributed by atoms with Gasteiger partial charge in [-0.25, -0.2) is 4.98 Å². The molecular formula is C16H9ClN6. The van der Waals surface area contributed by atoms with Gasteiger partial charge in [-0.3, -0.25) is 5.43 Å². The van der Waals surface area contributed by atoms with Crippen molar-refractivity contribution in [2.24, 2.45) is 5.10 Å². The molecule has 3 aromatic rings. The molecule has 0 bridgehead atoms. The molecule has 110 valence electrons. The number of nitrogens with zero attached hydrogens (tertiary/aromatic N) is 4. The lowest BCUT2D eigenvalue weighted by molar-refractivity contribution is 1.31. The van der Waals surface area contributed by atoms with Gasteiger partial charge in [0.15, 0.2) is 0 Å². The highest BCUT2D eigenvalue weighted by atomic mass is 35.5. The number of hydrogen-bond acceptors (Lipinski definition) is 5. The predicted octanol–water partition coefficient (Wildman–Crippen LogP) is 3.70. The van der Waals surface area contributed by atoms with Crippen LogP contribution in [0.1, 0.15) is 0 Å². The first-order chi connectivity index (χ1) is 11.2. The zero-order valence-corrected chi connectivity index (χ0v) is 12.5. The minimum atomic E-state index is -0.259. The summed E-state index contributed by atoms with van der Waals surface area (Å²) in [6, 6.07) is 16.2. The van der Waals surface area contributed by atoms with Crippen LogP contribution in [0.15, 0.2) is 47.6 Å². The summed E-state index contributed by atoms with van der Waals surface area (Å²) < 4.78 is 0. The molecule has 2 N–H and O–H groups in total. The first kappa shape index (κ1) is 14.6. The van der Waals surface area contributed by atoms with Crippen LogP contribution >= 0.6 is 11.6 Å². The average Bonchev–Trinajstić information content (AvgIpc) is 3.01. The fourth-order valence-electron chi connectivity index (χ4n) is 2.05. The fourth-order valence-corrected chi connectivity index (χ4v) is 2.26. The maximum absolute atomic E-state index is 8.68. The molecule has 0 radical (unpaired) electrons. The second-order valence-corrected chi connectivity index (χ2v) is 5.00. The lowest BCUT2D eigenvalue weighted by Crippen LogP contribution is -1.96. The van der Waals surface area contributed by atoms with Gasteiger partial charge < -0.3 is 4.98 Å². The fraction of sp³-hybridized carbons (Fsp3) is 0. The van der Waals surface area contributed by atoms with Crippen LogP contribution in [0.4, 0.5) is 5.69 Å². The van der Waals surface area contributed by atoms with Crippen molar-refractivity contribution in [2.75, 3.05) is 5.43 Å². The van der Waals surface area contributed by atoms with Crippen molar-refractivity contribution < 1.29 is 0 Å². The monoisotopic (exact) mass is 320 g/mol. The zero-order valence-electron chi connectivity index (χ0n) is 11.7. The van der Waals surface area contributed by atoms with Gasteiger partial charge in [0.2, 0.25) is 5.71 Å². The van der Waals surface area contributed by atoms with Crippen molar-refractivity contribution in [3.05, 3.63) is 47.5 Å². The van der Waals surface area contributed by atoms with Gasteiger partial charge in [-0.05, 0) is 30.3 Å². The highest BCUT2D eigenvalue weighted by Gasteiger charge is 2.10. The first-order valence-corrected chi connectivity index (χ1v) is 6.97. The standard InChI is InChI=1S/C16H9ClN6/c17-13-6-5-10(22-23-11(8-18)9-19)7-12(13)16-20-14-3-1-2-4-15(14)21-16/h1-7,22H,(H,20,21). The van der Waals surface area contributed by atoms with Crippen molar-refractivity contribution in [3.63, 3.8) is 0 Å². The maximum atomic E-state index is 8.68. The van der Waals surface area contributed by atoms with Crippen molar-refractivity contribution in [1.29, 1.82) is 10.5 Å². The Kier molecular flexibility index (Phi) is 3.92. The number of imidazole rings is 1. The number of anilines is 1. The molecule has 23 heavy (non-hydrogen) atoms. The Morgan fingerprint density at radius 3 is 2.70 bits per heavy atom. The quantitative estimate of drug-likeness (QED) is 0.567. The molecule has 0 saturated carbocycles. The molecule has 0 aliphatic heterocycles. The number of para-hydroxylation sites is 2. The smallest absolute Gasteiger partial charge is 0.237 e. The normalized spacial score (nSPS) is 9.87. The number of aromatic nitrogens is 2. The minimum absolute atomic E-state index is 0.259. The van der Waals surface area contributed by atoms with Crippen LogP contribution in [0.2, 0.25) is 5.02 Å². The lowest BCUT2D eigenvalue weighted by atomic mass is 10.2. The van der Waals surface area contributed by atoms with Gasteiger partial charge in [0.05, 0.1) is 21.7 Å². The molecular weight excluding hydrogens is 312 g/mol. The van der Waals surface area contributed by atoms with Crippen LogP contribution in [0.25, 0.3) is 22.4 Å². The molecule has 0 fully saturated rings. The van der Waals surface area contributed by atoms with Gasteiger partial charge in [-0.15, -0.1) is 0 Å². The lowest BCUT2D eigenvalue weighted by Gasteiger charge is -2.05. The van der Waals surface area contributed by atoms with Crippen molar-refractivity contribution in [3.8, 4) is 23.5 Å². The largest absolute Gasteiger partial charge is 0.338 e. The van der Waals surface area contributed by atoms with Gasteiger partial charge in [0, 0.05) is 5.56 Å². The third-order valence-corrected chi connectivity index (χ3v) is 3.45. The Balaban J connectivity index is 1.99. The second kappa shape index (κ2) is 6.18. The van der Waals surface area contributed by atoms with Crippen molar-refractivity contribution in [2.45, 2.75) is 0 Å². The molecule has 0 aliphatic carbocycles. The van der Waals surface area contributed by atoms with Crippen LogP contribution in [0, 0.1) is 22.7 Å². The number of H-pyrrole nitrogens is 1. The van der Waals surface area contributed by atoms with Gasteiger partial charge in [-0.2, -0.15) is 15.6 Å². The summed E-state index contributed by atoms with van der Waals surface area (Å²) in [5.74, 6) is 0.629. The summed E-state index contributed by atoms with van der Waals surface area (Å²) >= 11 is 6.25. The summed E-state index contributed by atoms with van der Waals surface area (Å²) in [5, 5.41) is 21.6. The van der Waals surface area contributed by atoms with Crippen LogP contribution in [0.3, 0.4) is 0 Å². The summed E-state index contributed by atoms with van der Waals surface area (Å²) in [7, 11) is 0. The average molecular weight is 321 g/mol. The summed E-state index contributed by atoms with van der Waals surface area (Å²) in [6.07, 6.45) is 0. The number of hydrogen-bond donors (Lipinski definition) is 2. The number of rotatable bonds is 3. The number of aromatic amines is 1. The second-order valence-electron chi connectivity index (χ2n) is 4.59. The molecule has 0 aliphatic rings. The number of nitrogens with one attached hydrogen (secondary N) is 2. The van der Waals surface area contributed by atoms with Gasteiger partial charge in [0.25, 0.3) is 0 Å². The molecule has 0 saturated heterocycles. The van der Waals surface area contributed by atoms with E-state index in [0.717, 1.165) is 11.0 Å². The number of benzene rings is 2. The van der Waals surface area contributed by atoms with Crippen molar-refractivity contribution >= 4 is 34.0 Å². The summed E-state index contributed by atoms with van der Waals surface area (Å²) in [4.78, 5) is 7.71.